The van der Waals surface area contributed by atoms with E-state index in [2.05, 4.69) is 0 Å². The molecule has 0 unspecified atom stereocenters. The van der Waals surface area contributed by atoms with Gasteiger partial charge in [-0.25, -0.2) is 13.7 Å². The van der Waals surface area contributed by atoms with Crippen molar-refractivity contribution in [2.75, 3.05) is 0 Å². The van der Waals surface area contributed by atoms with Crippen molar-refractivity contribution < 1.29 is 223 Å². The summed E-state index contributed by atoms with van der Waals surface area (Å²) >= 11 is 0. The van der Waals surface area contributed by atoms with Crippen molar-refractivity contribution in [1.29, 1.82) is 31.6 Å². The Balaban J connectivity index is -0.0000000542. The Morgan fingerprint density at radius 3 is 0.484 bits per heavy atom. The standard InChI is InChI=1S/6CN.Fe.3K.3H3O4P/c6*1-2;;;;;3*1-5(2,3)4/h;;;;;;;;;;3*(H3,1,2,3,4)/q;;;;;;-3;3*+1;;;. The van der Waals surface area contributed by atoms with Crippen LogP contribution in [0.2, 0.25) is 0 Å². The Hall–Kier alpha value is 2.70. The summed E-state index contributed by atoms with van der Waals surface area (Å²) in [5.41, 5.74) is 0. The maximum absolute atomic E-state index is 8.88. The van der Waals surface area contributed by atoms with Gasteiger partial charge in [0.1, 0.15) is 0 Å². The number of nitriles is 6. The molecule has 0 aliphatic carbocycles. The Bertz CT molecular complexity index is 780. The van der Waals surface area contributed by atoms with Crippen LogP contribution < -0.4 is 154 Å². The van der Waals surface area contributed by atoms with Crippen molar-refractivity contribution in [1.82, 2.24) is 0 Å². The van der Waals surface area contributed by atoms with Gasteiger partial charge in [0.05, 0.1) is 0 Å². The van der Waals surface area contributed by atoms with Gasteiger partial charge in [0, 0.05) is 0 Å². The Kier molecular flexibility index (Phi) is 30.8. The smallest absolute Gasteiger partial charge is 0.303 e. The van der Waals surface area contributed by atoms with Crippen LogP contribution >= 0.6 is 23.5 Å². The molecule has 25 heteroatoms. The van der Waals surface area contributed by atoms with Crippen LogP contribution in [0.5, 0.6) is 0 Å². The summed E-state index contributed by atoms with van der Waals surface area (Å²) in [7, 11) is -20.1. The second-order valence-corrected chi connectivity index (χ2v) is 12.0. The minimum atomic E-state index is -6.17. The van der Waals surface area contributed by atoms with E-state index >= 15 is 0 Å². The second kappa shape index (κ2) is 18.9. The predicted octanol–water partition coefficient (Wildman–Crippen LogP) is -11.7. The molecule has 0 aromatic heterocycles. The van der Waals surface area contributed by atoms with Crippen molar-refractivity contribution in [2.45, 2.75) is 0 Å². The van der Waals surface area contributed by atoms with E-state index in [1.165, 1.54) is 0 Å². The maximum atomic E-state index is 8.88. The molecule has 0 saturated heterocycles. The molecule has 0 aliphatic rings. The molecule has 0 heterocycles. The van der Waals surface area contributed by atoms with Crippen LogP contribution in [-0.2, 0) is 24.4 Å². The average molecular weight is 623 g/mol. The molecule has 0 fully saturated rings. The third-order valence-corrected chi connectivity index (χ3v) is 4.89. The van der Waals surface area contributed by atoms with Crippen molar-refractivity contribution >= 4 is 23.5 Å². The van der Waals surface area contributed by atoms with Crippen LogP contribution in [0.4, 0.5) is 0 Å². The largest absolute Gasteiger partial charge is 1.00 e. The number of hydrogen-bond donors (Lipinski definition) is 9. The van der Waals surface area contributed by atoms with Gasteiger partial charge in [0.15, 0.2) is 0 Å². The molecule has 0 aromatic rings. The molecule has 0 rings (SSSR count). The molecule has 9 N–H and O–H groups in total. The van der Waals surface area contributed by atoms with E-state index in [-0.39, 0.29) is 154 Å². The maximum Gasteiger partial charge on any atom is 1.00 e. The van der Waals surface area contributed by atoms with E-state index in [0.717, 1.165) is 29.8 Å². The van der Waals surface area contributed by atoms with Crippen molar-refractivity contribution in [2.24, 2.45) is 0 Å². The summed E-state index contributed by atoms with van der Waals surface area (Å²) in [5, 5.41) is 51.5. The number of phosphoric acid groups is 3. The molecule has 0 aromatic carbocycles. The Morgan fingerprint density at radius 1 is 0.419 bits per heavy atom. The van der Waals surface area contributed by atoms with E-state index in [0.29, 0.717) is 0 Å². The first-order chi connectivity index (χ1) is 12.0. The van der Waals surface area contributed by atoms with Gasteiger partial charge < -0.3 is 44.0 Å². The SMILES string of the molecule is N#[C][Fe-3]([C]#N)([C]#N)([C]#N)([C]#N)[C]#N.O=P(O)(O)O.O=P(O)(O)O.O=P(O)(O)O.[K+].[K+].[K+]. The molecule has 18 nitrogen and oxygen atoms in total. The molecule has 0 radical (unpaired) electrons. The third kappa shape index (κ3) is 28.8. The van der Waals surface area contributed by atoms with Gasteiger partial charge in [-0.1, -0.05) is 0 Å². The Labute approximate surface area is 300 Å². The van der Waals surface area contributed by atoms with Crippen LogP contribution in [0.1, 0.15) is 0 Å². The van der Waals surface area contributed by atoms with Gasteiger partial charge in [-0.3, -0.25) is 0 Å². The van der Waals surface area contributed by atoms with Crippen molar-refractivity contribution in [3.05, 3.63) is 0 Å². The quantitative estimate of drug-likeness (QED) is 0.0893. The van der Waals surface area contributed by atoms with E-state index in [4.69, 9.17) is 89.3 Å². The van der Waals surface area contributed by atoms with Crippen LogP contribution in [0, 0.1) is 61.4 Å². The first-order valence-electron chi connectivity index (χ1n) is 4.75. The average Bonchev–Trinajstić information content (AvgIpc) is 2.48. The number of rotatable bonds is 0. The first-order valence-corrected chi connectivity index (χ1v) is 12.8. The molecular weight excluding hydrogens is 614 g/mol. The predicted molar refractivity (Wildman–Crippen MR) is 76.5 cm³/mol. The van der Waals surface area contributed by atoms with E-state index in [1.807, 2.05) is 0 Å². The summed E-state index contributed by atoms with van der Waals surface area (Å²) in [4.78, 5) is 70.9. The van der Waals surface area contributed by atoms with Gasteiger partial charge in [-0.15, -0.1) is 0 Å². The molecule has 161 valence electrons. The molecule has 0 bridgehead atoms. The molecule has 0 spiro atoms. The molecular formula is C6H9FeK3N6O12P3. The summed E-state index contributed by atoms with van der Waals surface area (Å²) < 4.78 is 26.6. The molecule has 0 saturated carbocycles. The summed E-state index contributed by atoms with van der Waals surface area (Å²) in [6.45, 7) is 0. The summed E-state index contributed by atoms with van der Waals surface area (Å²) in [5.74, 6) is 0. The second-order valence-electron chi connectivity index (χ2n) is 3.34. The third-order valence-electron chi connectivity index (χ3n) is 1.19. The summed E-state index contributed by atoms with van der Waals surface area (Å²) in [6.07, 6.45) is 0. The van der Waals surface area contributed by atoms with Crippen LogP contribution in [0.15, 0.2) is 0 Å². The van der Waals surface area contributed by atoms with Crippen LogP contribution in [0.3, 0.4) is 0 Å². The number of nitrogens with zero attached hydrogens (tertiary/aromatic N) is 6. The van der Waals surface area contributed by atoms with Gasteiger partial charge in [-0.2, -0.15) is 0 Å². The Morgan fingerprint density at radius 2 is 0.484 bits per heavy atom. The minimum absolute atomic E-state index is 0. The molecule has 31 heavy (non-hydrogen) atoms. The normalized spacial score (nSPS) is 11.3. The zero-order valence-corrected chi connectivity index (χ0v) is 28.8. The zero-order chi connectivity index (χ0) is 24.2. The van der Waals surface area contributed by atoms with Gasteiger partial charge in [0.25, 0.3) is 0 Å². The fraction of sp³-hybridized carbons (Fsp3) is 0. The fourth-order valence-electron chi connectivity index (χ4n) is 0.265. The van der Waals surface area contributed by atoms with Gasteiger partial charge in [-0.05, 0) is 0 Å². The number of hydrogen-bond acceptors (Lipinski definition) is 9. The van der Waals surface area contributed by atoms with Crippen molar-refractivity contribution in [3.63, 3.8) is 0 Å². The monoisotopic (exact) mass is 623 g/mol. The first kappa shape index (κ1) is 50.5. The van der Waals surface area contributed by atoms with Crippen molar-refractivity contribution in [3.8, 4) is 29.8 Å². The fourth-order valence-corrected chi connectivity index (χ4v) is 1.09. The zero-order valence-electron chi connectivity index (χ0n) is 15.6. The van der Waals surface area contributed by atoms with Crippen LogP contribution in [0.25, 0.3) is 0 Å². The summed E-state index contributed by atoms with van der Waals surface area (Å²) in [6, 6.07) is 0. The van der Waals surface area contributed by atoms with E-state index < -0.39 is 34.2 Å². The van der Waals surface area contributed by atoms with Gasteiger partial charge >= 0.3 is 250 Å². The molecule has 0 amide bonds. The van der Waals surface area contributed by atoms with E-state index in [9.17, 15) is 0 Å². The van der Waals surface area contributed by atoms with Gasteiger partial charge in [0.2, 0.25) is 0 Å². The van der Waals surface area contributed by atoms with Crippen LogP contribution in [-0.4, -0.2) is 44.0 Å². The minimum Gasteiger partial charge on any atom is -0.303 e. The molecule has 0 atom stereocenters. The van der Waals surface area contributed by atoms with E-state index in [1.54, 1.807) is 0 Å². The topological polar surface area (TPSA) is 376 Å². The molecule has 0 aliphatic heterocycles.